The number of aromatic nitrogens is 1. The van der Waals surface area contributed by atoms with Gasteiger partial charge in [0.05, 0.1) is 12.3 Å². The Morgan fingerprint density at radius 1 is 1.22 bits per heavy atom. The first-order valence-electron chi connectivity index (χ1n) is 8.48. The molecule has 0 aliphatic carbocycles. The van der Waals surface area contributed by atoms with Crippen molar-refractivity contribution >= 4 is 17.5 Å². The van der Waals surface area contributed by atoms with Crippen LogP contribution in [0.3, 0.4) is 0 Å². The van der Waals surface area contributed by atoms with E-state index < -0.39 is 11.8 Å². The predicted molar refractivity (Wildman–Crippen MR) is 102 cm³/mol. The van der Waals surface area contributed by atoms with E-state index in [1.54, 1.807) is 6.07 Å². The van der Waals surface area contributed by atoms with E-state index in [2.05, 4.69) is 10.3 Å². The first-order valence-corrected chi connectivity index (χ1v) is 8.48. The van der Waals surface area contributed by atoms with E-state index in [9.17, 15) is 14.3 Å². The van der Waals surface area contributed by atoms with Gasteiger partial charge in [-0.15, -0.1) is 0 Å². The fourth-order valence-corrected chi connectivity index (χ4v) is 2.81. The number of halogens is 1. The van der Waals surface area contributed by atoms with Gasteiger partial charge >= 0.3 is 5.97 Å². The molecule has 6 heteroatoms. The van der Waals surface area contributed by atoms with E-state index in [-0.39, 0.29) is 17.1 Å². The molecule has 0 radical (unpaired) electrons. The zero-order valence-corrected chi connectivity index (χ0v) is 15.0. The van der Waals surface area contributed by atoms with E-state index in [4.69, 9.17) is 4.74 Å². The Balaban J connectivity index is 1.97. The van der Waals surface area contributed by atoms with Gasteiger partial charge in [0.25, 0.3) is 0 Å². The molecule has 0 bridgehead atoms. The van der Waals surface area contributed by atoms with Gasteiger partial charge in [0.2, 0.25) is 0 Å². The molecular formula is C21H19FN2O3. The van der Waals surface area contributed by atoms with Crippen LogP contribution >= 0.6 is 0 Å². The van der Waals surface area contributed by atoms with Gasteiger partial charge in [0.15, 0.2) is 0 Å². The number of nitrogens with one attached hydrogen (secondary N) is 1. The highest BCUT2D eigenvalue weighted by molar-refractivity contribution is 5.94. The summed E-state index contributed by atoms with van der Waals surface area (Å²) >= 11 is 0. The summed E-state index contributed by atoms with van der Waals surface area (Å²) in [4.78, 5) is 15.3. The quantitative estimate of drug-likeness (QED) is 0.640. The third-order valence-electron chi connectivity index (χ3n) is 4.06. The van der Waals surface area contributed by atoms with Gasteiger partial charge in [-0.2, -0.15) is 0 Å². The van der Waals surface area contributed by atoms with Crippen LogP contribution in [0.15, 0.2) is 54.7 Å². The lowest BCUT2D eigenvalue weighted by Gasteiger charge is -2.14. The van der Waals surface area contributed by atoms with Crippen molar-refractivity contribution in [2.75, 3.05) is 11.9 Å². The minimum Gasteiger partial charge on any atom is -0.494 e. The van der Waals surface area contributed by atoms with Crippen LogP contribution in [-0.4, -0.2) is 22.7 Å². The summed E-state index contributed by atoms with van der Waals surface area (Å²) in [5, 5.41) is 12.0. The fourth-order valence-electron chi connectivity index (χ4n) is 2.81. The van der Waals surface area contributed by atoms with Gasteiger partial charge < -0.3 is 15.2 Å². The van der Waals surface area contributed by atoms with Crippen LogP contribution in [0, 0.1) is 12.7 Å². The highest BCUT2D eigenvalue weighted by atomic mass is 19.1. The molecule has 1 heterocycles. The fraction of sp³-hybridized carbons (Fsp3) is 0.143. The monoisotopic (exact) mass is 366 g/mol. The first-order chi connectivity index (χ1) is 13.0. The highest BCUT2D eigenvalue weighted by Crippen LogP contribution is 2.32. The Bertz CT molecular complexity index is 989. The van der Waals surface area contributed by atoms with Crippen molar-refractivity contribution in [1.29, 1.82) is 0 Å². The van der Waals surface area contributed by atoms with E-state index in [0.717, 1.165) is 22.4 Å². The summed E-state index contributed by atoms with van der Waals surface area (Å²) in [6.45, 7) is 4.32. The topological polar surface area (TPSA) is 71.5 Å². The Labute approximate surface area is 156 Å². The van der Waals surface area contributed by atoms with Crippen LogP contribution in [0.4, 0.5) is 15.9 Å². The summed E-state index contributed by atoms with van der Waals surface area (Å²) in [6, 6.07) is 13.4. The molecule has 0 aliphatic heterocycles. The lowest BCUT2D eigenvalue weighted by atomic mass is 9.99. The maximum absolute atomic E-state index is 14.7. The summed E-state index contributed by atoms with van der Waals surface area (Å²) in [5.41, 5.74) is 2.55. The molecule has 0 saturated carbocycles. The molecule has 2 N–H and O–H groups in total. The Morgan fingerprint density at radius 2 is 2.04 bits per heavy atom. The zero-order valence-electron chi connectivity index (χ0n) is 15.0. The molecule has 5 nitrogen and oxygen atoms in total. The number of benzene rings is 2. The van der Waals surface area contributed by atoms with Crippen LogP contribution in [0.1, 0.15) is 22.8 Å². The van der Waals surface area contributed by atoms with Crippen molar-refractivity contribution in [3.63, 3.8) is 0 Å². The summed E-state index contributed by atoms with van der Waals surface area (Å²) in [6.07, 6.45) is 1.45. The number of aryl methyl sites for hydroxylation is 1. The largest absolute Gasteiger partial charge is 0.494 e. The minimum atomic E-state index is -1.13. The van der Waals surface area contributed by atoms with Crippen molar-refractivity contribution in [2.45, 2.75) is 13.8 Å². The number of anilines is 2. The molecule has 0 atom stereocenters. The number of hydrogen-bond acceptors (Lipinski definition) is 4. The van der Waals surface area contributed by atoms with E-state index in [1.807, 2.05) is 38.1 Å². The molecule has 1 aromatic heterocycles. The second-order valence-corrected chi connectivity index (χ2v) is 5.94. The van der Waals surface area contributed by atoms with Crippen LogP contribution in [0.5, 0.6) is 5.75 Å². The Hall–Kier alpha value is -3.41. The van der Waals surface area contributed by atoms with E-state index in [1.165, 1.54) is 24.4 Å². The third kappa shape index (κ3) is 4.06. The van der Waals surface area contributed by atoms with Crippen molar-refractivity contribution < 1.29 is 19.0 Å². The van der Waals surface area contributed by atoms with E-state index in [0.29, 0.717) is 6.61 Å². The first kappa shape index (κ1) is 18.4. The lowest BCUT2D eigenvalue weighted by Crippen LogP contribution is -2.05. The molecule has 138 valence electrons. The molecule has 3 aromatic rings. The molecule has 0 fully saturated rings. The maximum atomic E-state index is 14.7. The standard InChI is InChI=1S/C21H19FN2O3/c1-3-27-15-7-4-6-14(11-15)17-12-18(22)19(10-13(17)2)24-20-16(21(25)26)8-5-9-23-20/h4-12H,3H2,1-2H3,(H,23,24)(H,25,26). The molecule has 0 amide bonds. The van der Waals surface area contributed by atoms with Gasteiger partial charge in [-0.25, -0.2) is 14.2 Å². The summed E-state index contributed by atoms with van der Waals surface area (Å²) in [7, 11) is 0. The highest BCUT2D eigenvalue weighted by Gasteiger charge is 2.14. The number of nitrogens with zero attached hydrogens (tertiary/aromatic N) is 1. The maximum Gasteiger partial charge on any atom is 0.339 e. The number of aromatic carboxylic acids is 1. The van der Waals surface area contributed by atoms with Crippen LogP contribution in [0.2, 0.25) is 0 Å². The Morgan fingerprint density at radius 3 is 2.78 bits per heavy atom. The third-order valence-corrected chi connectivity index (χ3v) is 4.06. The molecule has 0 unspecified atom stereocenters. The second-order valence-electron chi connectivity index (χ2n) is 5.94. The average molecular weight is 366 g/mol. The van der Waals surface area contributed by atoms with Crippen molar-refractivity contribution in [3.05, 3.63) is 71.7 Å². The van der Waals surface area contributed by atoms with Crippen molar-refractivity contribution in [1.82, 2.24) is 4.98 Å². The molecule has 0 saturated heterocycles. The van der Waals surface area contributed by atoms with Crippen molar-refractivity contribution in [2.24, 2.45) is 0 Å². The molecular weight excluding hydrogens is 347 g/mol. The number of carboxylic acid groups (broad SMARTS) is 1. The molecule has 3 rings (SSSR count). The van der Waals surface area contributed by atoms with Crippen LogP contribution < -0.4 is 10.1 Å². The van der Waals surface area contributed by atoms with Gasteiger partial charge in [-0.3, -0.25) is 0 Å². The smallest absolute Gasteiger partial charge is 0.339 e. The number of hydrogen-bond donors (Lipinski definition) is 2. The summed E-state index contributed by atoms with van der Waals surface area (Å²) < 4.78 is 20.2. The number of carbonyl (C=O) groups is 1. The molecule has 2 aromatic carbocycles. The molecule has 0 aliphatic rings. The number of carboxylic acids is 1. The van der Waals surface area contributed by atoms with Gasteiger partial charge in [-0.05, 0) is 66.9 Å². The normalized spacial score (nSPS) is 10.5. The average Bonchev–Trinajstić information content (AvgIpc) is 2.65. The molecule has 0 spiro atoms. The van der Waals surface area contributed by atoms with Crippen LogP contribution in [-0.2, 0) is 0 Å². The van der Waals surface area contributed by atoms with Crippen molar-refractivity contribution in [3.8, 4) is 16.9 Å². The Kier molecular flexibility index (Phi) is 5.35. The van der Waals surface area contributed by atoms with Gasteiger partial charge in [0.1, 0.15) is 22.9 Å². The minimum absolute atomic E-state index is 0.0250. The SMILES string of the molecule is CCOc1cccc(-c2cc(F)c(Nc3ncccc3C(=O)O)cc2C)c1. The van der Waals surface area contributed by atoms with Crippen LogP contribution in [0.25, 0.3) is 11.1 Å². The predicted octanol–water partition coefficient (Wildman–Crippen LogP) is 5.04. The lowest BCUT2D eigenvalue weighted by molar-refractivity contribution is 0.0697. The number of rotatable bonds is 6. The van der Waals surface area contributed by atoms with Gasteiger partial charge in [-0.1, -0.05) is 12.1 Å². The summed E-state index contributed by atoms with van der Waals surface area (Å²) in [5.74, 6) is -0.822. The molecule has 27 heavy (non-hydrogen) atoms. The van der Waals surface area contributed by atoms with E-state index >= 15 is 0 Å². The van der Waals surface area contributed by atoms with Gasteiger partial charge in [0, 0.05) is 6.20 Å². The number of pyridine rings is 1. The number of ether oxygens (including phenoxy) is 1. The zero-order chi connectivity index (χ0) is 19.4. The second kappa shape index (κ2) is 7.86.